The van der Waals surface area contributed by atoms with Crippen molar-refractivity contribution in [2.24, 2.45) is 0 Å². The quantitative estimate of drug-likeness (QED) is 0.860. The van der Waals surface area contributed by atoms with Crippen molar-refractivity contribution in [1.29, 1.82) is 0 Å². The minimum Gasteiger partial charge on any atom is -0.477 e. The first-order chi connectivity index (χ1) is 7.56. The Bertz CT molecular complexity index is 419. The summed E-state index contributed by atoms with van der Waals surface area (Å²) in [7, 11) is 0. The van der Waals surface area contributed by atoms with E-state index in [4.69, 9.17) is 5.11 Å². The Balaban J connectivity index is 2.32. The van der Waals surface area contributed by atoms with Crippen molar-refractivity contribution < 1.29 is 23.4 Å². The zero-order chi connectivity index (χ0) is 11.7. The van der Waals surface area contributed by atoms with Gasteiger partial charge in [0.25, 0.3) is 0 Å². The van der Waals surface area contributed by atoms with Gasteiger partial charge >= 0.3 is 12.6 Å². The molecule has 0 saturated heterocycles. The molecule has 0 aliphatic heterocycles. The number of ether oxygens (including phenoxy) is 1. The average Bonchev–Trinajstić information content (AvgIpc) is 2.98. The van der Waals surface area contributed by atoms with Crippen LogP contribution in [0.1, 0.15) is 34.9 Å². The summed E-state index contributed by atoms with van der Waals surface area (Å²) in [5.74, 6) is -1.22. The van der Waals surface area contributed by atoms with E-state index in [9.17, 15) is 13.6 Å². The van der Waals surface area contributed by atoms with Gasteiger partial charge in [-0.3, -0.25) is 0 Å². The lowest BCUT2D eigenvalue weighted by Crippen LogP contribution is -2.07. The van der Waals surface area contributed by atoms with Crippen LogP contribution in [0.2, 0.25) is 0 Å². The van der Waals surface area contributed by atoms with E-state index in [1.54, 1.807) is 0 Å². The lowest BCUT2D eigenvalue weighted by Gasteiger charge is -2.07. The summed E-state index contributed by atoms with van der Waals surface area (Å²) in [5, 5.41) is 8.76. The fourth-order valence-electron chi connectivity index (χ4n) is 1.39. The summed E-state index contributed by atoms with van der Waals surface area (Å²) in [6.07, 6.45) is 1.81. The molecule has 0 amide bonds. The Hall–Kier alpha value is -1.72. The molecule has 0 spiro atoms. The Morgan fingerprint density at radius 1 is 1.50 bits per heavy atom. The molecule has 1 aromatic rings. The largest absolute Gasteiger partial charge is 0.477 e. The number of hydrogen-bond acceptors (Lipinski definition) is 3. The summed E-state index contributed by atoms with van der Waals surface area (Å²) < 4.78 is 28.2. The summed E-state index contributed by atoms with van der Waals surface area (Å²) in [5.41, 5.74) is 0.246. The number of rotatable bonds is 4. The Kier molecular flexibility index (Phi) is 2.72. The smallest absolute Gasteiger partial charge is 0.387 e. The molecule has 86 valence electrons. The van der Waals surface area contributed by atoms with Crippen LogP contribution in [0.3, 0.4) is 0 Å². The number of hydrogen-bond donors (Lipinski definition) is 1. The number of aromatic carboxylic acids is 1. The monoisotopic (exact) mass is 229 g/mol. The molecule has 0 aromatic carbocycles. The summed E-state index contributed by atoms with van der Waals surface area (Å²) >= 11 is 0. The predicted molar refractivity (Wildman–Crippen MR) is 49.8 cm³/mol. The maximum Gasteiger partial charge on any atom is 0.387 e. The number of halogens is 2. The second-order valence-corrected chi connectivity index (χ2v) is 3.57. The van der Waals surface area contributed by atoms with Crippen LogP contribution in [-0.4, -0.2) is 22.7 Å². The zero-order valence-corrected chi connectivity index (χ0v) is 8.19. The van der Waals surface area contributed by atoms with Crippen molar-refractivity contribution in [2.75, 3.05) is 0 Å². The second kappa shape index (κ2) is 4.03. The zero-order valence-electron chi connectivity index (χ0n) is 8.19. The summed E-state index contributed by atoms with van der Waals surface area (Å²) in [6.45, 7) is -2.96. The van der Waals surface area contributed by atoms with Crippen LogP contribution in [0.4, 0.5) is 8.78 Å². The number of carboxylic acids is 1. The van der Waals surface area contributed by atoms with Crippen LogP contribution in [0.5, 0.6) is 5.75 Å². The molecule has 0 atom stereocenters. The van der Waals surface area contributed by atoms with E-state index in [1.807, 2.05) is 0 Å². The molecule has 4 nitrogen and oxygen atoms in total. The van der Waals surface area contributed by atoms with Gasteiger partial charge in [-0.05, 0) is 12.8 Å². The van der Waals surface area contributed by atoms with Crippen molar-refractivity contribution in [3.8, 4) is 5.75 Å². The van der Waals surface area contributed by atoms with Crippen LogP contribution >= 0.6 is 0 Å². The third kappa shape index (κ3) is 2.44. The number of aromatic nitrogens is 1. The average molecular weight is 229 g/mol. The van der Waals surface area contributed by atoms with Crippen LogP contribution in [0, 0.1) is 0 Å². The highest BCUT2D eigenvalue weighted by Gasteiger charge is 2.27. The van der Waals surface area contributed by atoms with Crippen molar-refractivity contribution in [1.82, 2.24) is 4.98 Å². The molecule has 1 aliphatic rings. The molecule has 2 rings (SSSR count). The fraction of sp³-hybridized carbons (Fsp3) is 0.400. The highest BCUT2D eigenvalue weighted by atomic mass is 19.3. The standard InChI is InChI=1S/C10H9F2NO3/c11-10(12)16-6-3-7(5-1-2-5)13-8(4-6)9(14)15/h3-5,10H,1-2H2,(H,14,15). The molecule has 1 aromatic heterocycles. The normalized spacial score (nSPS) is 15.2. The highest BCUT2D eigenvalue weighted by molar-refractivity contribution is 5.85. The molecule has 1 heterocycles. The maximum atomic E-state index is 12.0. The van der Waals surface area contributed by atoms with Gasteiger partial charge in [-0.2, -0.15) is 8.78 Å². The lowest BCUT2D eigenvalue weighted by molar-refractivity contribution is -0.0500. The van der Waals surface area contributed by atoms with Gasteiger partial charge < -0.3 is 9.84 Å². The summed E-state index contributed by atoms with van der Waals surface area (Å²) in [6, 6.07) is 2.37. The van der Waals surface area contributed by atoms with Gasteiger partial charge in [0.2, 0.25) is 0 Å². The van der Waals surface area contributed by atoms with Crippen molar-refractivity contribution in [2.45, 2.75) is 25.4 Å². The molecular formula is C10H9F2NO3. The molecule has 0 radical (unpaired) electrons. The Labute approximate surface area is 89.9 Å². The molecule has 1 N–H and O–H groups in total. The Morgan fingerprint density at radius 2 is 2.19 bits per heavy atom. The Morgan fingerprint density at radius 3 is 2.69 bits per heavy atom. The van der Waals surface area contributed by atoms with Crippen LogP contribution in [0.15, 0.2) is 12.1 Å². The van der Waals surface area contributed by atoms with Gasteiger partial charge in [0.1, 0.15) is 5.75 Å². The number of carbonyl (C=O) groups is 1. The van der Waals surface area contributed by atoms with Crippen molar-refractivity contribution >= 4 is 5.97 Å². The molecule has 0 bridgehead atoms. The maximum absolute atomic E-state index is 12.0. The lowest BCUT2D eigenvalue weighted by atomic mass is 10.2. The van der Waals surface area contributed by atoms with E-state index in [0.717, 1.165) is 18.9 Å². The topological polar surface area (TPSA) is 59.4 Å². The van der Waals surface area contributed by atoms with E-state index < -0.39 is 12.6 Å². The van der Waals surface area contributed by atoms with Gasteiger partial charge in [-0.15, -0.1) is 0 Å². The van der Waals surface area contributed by atoms with Crippen LogP contribution in [0.25, 0.3) is 0 Å². The van der Waals surface area contributed by atoms with E-state index in [2.05, 4.69) is 9.72 Å². The SMILES string of the molecule is O=C(O)c1cc(OC(F)F)cc(C2CC2)n1. The van der Waals surface area contributed by atoms with Gasteiger partial charge in [-0.25, -0.2) is 9.78 Å². The predicted octanol–water partition coefficient (Wildman–Crippen LogP) is 2.26. The third-order valence-electron chi connectivity index (χ3n) is 2.26. The van der Waals surface area contributed by atoms with Crippen molar-refractivity contribution in [3.63, 3.8) is 0 Å². The molecular weight excluding hydrogens is 220 g/mol. The van der Waals surface area contributed by atoms with E-state index in [1.165, 1.54) is 6.07 Å². The molecule has 6 heteroatoms. The third-order valence-corrected chi connectivity index (χ3v) is 2.26. The van der Waals surface area contributed by atoms with Gasteiger partial charge in [-0.1, -0.05) is 0 Å². The number of nitrogens with zero attached hydrogens (tertiary/aromatic N) is 1. The van der Waals surface area contributed by atoms with E-state index in [-0.39, 0.29) is 17.4 Å². The molecule has 0 unspecified atom stereocenters. The highest BCUT2D eigenvalue weighted by Crippen LogP contribution is 2.40. The fourth-order valence-corrected chi connectivity index (χ4v) is 1.39. The minimum absolute atomic E-state index is 0.149. The molecule has 16 heavy (non-hydrogen) atoms. The van der Waals surface area contributed by atoms with Gasteiger partial charge in [0.15, 0.2) is 5.69 Å². The number of carboxylic acid groups (broad SMARTS) is 1. The number of pyridine rings is 1. The van der Waals surface area contributed by atoms with Gasteiger partial charge in [0, 0.05) is 23.7 Å². The number of alkyl halides is 2. The van der Waals surface area contributed by atoms with Crippen LogP contribution in [-0.2, 0) is 0 Å². The first-order valence-electron chi connectivity index (χ1n) is 4.76. The van der Waals surface area contributed by atoms with Gasteiger partial charge in [0.05, 0.1) is 0 Å². The first-order valence-corrected chi connectivity index (χ1v) is 4.76. The van der Waals surface area contributed by atoms with E-state index >= 15 is 0 Å². The molecule has 1 aliphatic carbocycles. The molecule has 1 saturated carbocycles. The summed E-state index contributed by atoms with van der Waals surface area (Å²) in [4.78, 5) is 14.6. The van der Waals surface area contributed by atoms with Crippen molar-refractivity contribution in [3.05, 3.63) is 23.5 Å². The first kappa shape index (κ1) is 10.8. The second-order valence-electron chi connectivity index (χ2n) is 3.57. The van der Waals surface area contributed by atoms with Crippen LogP contribution < -0.4 is 4.74 Å². The minimum atomic E-state index is -2.96. The van der Waals surface area contributed by atoms with E-state index in [0.29, 0.717) is 5.69 Å². The molecule has 1 fully saturated rings.